The number of nitrogens with two attached hydrogens (primary N) is 1. The van der Waals surface area contributed by atoms with Crippen molar-refractivity contribution < 1.29 is 4.79 Å². The summed E-state index contributed by atoms with van der Waals surface area (Å²) in [6.07, 6.45) is 5.20. The Hall–Kier alpha value is -2.20. The van der Waals surface area contributed by atoms with Crippen molar-refractivity contribution >= 4 is 5.91 Å². The number of hydrogen-bond acceptors (Lipinski definition) is 3. The highest BCUT2D eigenvalue weighted by molar-refractivity contribution is 5.80. The molecule has 2 N–H and O–H groups in total. The summed E-state index contributed by atoms with van der Waals surface area (Å²) in [7, 11) is 0. The number of hydrogen-bond donors (Lipinski definition) is 1. The number of benzene rings is 1. The Balaban J connectivity index is 1.75. The van der Waals surface area contributed by atoms with Gasteiger partial charge in [0.1, 0.15) is 0 Å². The third-order valence-electron chi connectivity index (χ3n) is 4.11. The summed E-state index contributed by atoms with van der Waals surface area (Å²) in [5, 5.41) is 0. The summed E-state index contributed by atoms with van der Waals surface area (Å²) in [5.41, 5.74) is 9.36. The number of amides is 1. The van der Waals surface area contributed by atoms with Crippen molar-refractivity contribution in [2.45, 2.75) is 25.4 Å². The summed E-state index contributed by atoms with van der Waals surface area (Å²) in [5.74, 6) is -0.237. The summed E-state index contributed by atoms with van der Waals surface area (Å²) >= 11 is 0. The van der Waals surface area contributed by atoms with E-state index in [0.717, 1.165) is 19.5 Å². The molecule has 0 fully saturated rings. The van der Waals surface area contributed by atoms with Gasteiger partial charge in [0, 0.05) is 25.5 Å². The maximum atomic E-state index is 11.8. The molecule has 1 unspecified atom stereocenters. The second-order valence-corrected chi connectivity index (χ2v) is 5.47. The second-order valence-electron chi connectivity index (χ2n) is 5.47. The molecule has 0 aliphatic carbocycles. The molecular formula is C17H19N3O. The van der Waals surface area contributed by atoms with Crippen molar-refractivity contribution in [1.29, 1.82) is 0 Å². The van der Waals surface area contributed by atoms with Crippen molar-refractivity contribution in [2.75, 3.05) is 6.54 Å². The normalized spacial score (nSPS) is 18.2. The molecule has 0 saturated carbocycles. The van der Waals surface area contributed by atoms with Crippen molar-refractivity contribution in [3.63, 3.8) is 0 Å². The fourth-order valence-electron chi connectivity index (χ4n) is 2.91. The van der Waals surface area contributed by atoms with Crippen LogP contribution in [0.25, 0.3) is 0 Å². The van der Waals surface area contributed by atoms with Crippen molar-refractivity contribution in [1.82, 2.24) is 9.88 Å². The zero-order valence-corrected chi connectivity index (χ0v) is 11.9. The third kappa shape index (κ3) is 3.11. The number of carbonyl (C=O) groups excluding carboxylic acids is 1. The Morgan fingerprint density at radius 1 is 1.19 bits per heavy atom. The third-order valence-corrected chi connectivity index (χ3v) is 4.11. The number of aromatic nitrogens is 1. The lowest BCUT2D eigenvalue weighted by molar-refractivity contribution is -0.123. The van der Waals surface area contributed by atoms with Gasteiger partial charge in [0.2, 0.25) is 5.91 Å². The van der Waals surface area contributed by atoms with Crippen LogP contribution in [0, 0.1) is 0 Å². The zero-order chi connectivity index (χ0) is 14.7. The molecule has 1 amide bonds. The molecule has 0 radical (unpaired) electrons. The molecule has 4 nitrogen and oxygen atoms in total. The first-order chi connectivity index (χ1) is 10.2. The lowest BCUT2D eigenvalue weighted by Crippen LogP contribution is -2.49. The van der Waals surface area contributed by atoms with Crippen molar-refractivity contribution in [3.05, 3.63) is 65.5 Å². The molecule has 1 aliphatic heterocycles. The van der Waals surface area contributed by atoms with Crippen LogP contribution in [-0.4, -0.2) is 28.4 Å². The first-order valence-electron chi connectivity index (χ1n) is 7.23. The van der Waals surface area contributed by atoms with Crippen LogP contribution in [0.5, 0.6) is 0 Å². The quantitative estimate of drug-likeness (QED) is 0.924. The first-order valence-corrected chi connectivity index (χ1v) is 7.23. The lowest BCUT2D eigenvalue weighted by atomic mass is 9.93. The predicted molar refractivity (Wildman–Crippen MR) is 81.5 cm³/mol. The first kappa shape index (κ1) is 13.8. The minimum atomic E-state index is -0.237. The summed E-state index contributed by atoms with van der Waals surface area (Å²) < 4.78 is 0. The molecule has 0 bridgehead atoms. The van der Waals surface area contributed by atoms with E-state index < -0.39 is 0 Å². The minimum absolute atomic E-state index is 0.207. The molecule has 1 aliphatic rings. The highest BCUT2D eigenvalue weighted by Gasteiger charge is 2.29. The minimum Gasteiger partial charge on any atom is -0.368 e. The molecule has 3 rings (SSSR count). The van der Waals surface area contributed by atoms with E-state index in [1.165, 1.54) is 16.7 Å². The van der Waals surface area contributed by atoms with Crippen molar-refractivity contribution in [3.8, 4) is 0 Å². The molecule has 0 spiro atoms. The molecule has 0 saturated heterocycles. The molecule has 4 heteroatoms. The highest BCUT2D eigenvalue weighted by Crippen LogP contribution is 2.23. The van der Waals surface area contributed by atoms with E-state index in [1.807, 2.05) is 24.3 Å². The molecule has 1 aromatic heterocycles. The monoisotopic (exact) mass is 281 g/mol. The molecule has 21 heavy (non-hydrogen) atoms. The van der Waals surface area contributed by atoms with Crippen LogP contribution in [0.3, 0.4) is 0 Å². The van der Waals surface area contributed by atoms with Crippen LogP contribution in [0.2, 0.25) is 0 Å². The van der Waals surface area contributed by atoms with Crippen molar-refractivity contribution in [2.24, 2.45) is 5.73 Å². The van der Waals surface area contributed by atoms with Gasteiger partial charge in [-0.05, 0) is 41.7 Å². The molecule has 1 atom stereocenters. The van der Waals surface area contributed by atoms with Gasteiger partial charge in [0.05, 0.1) is 6.04 Å². The maximum absolute atomic E-state index is 11.8. The Morgan fingerprint density at radius 2 is 1.90 bits per heavy atom. The Labute approximate surface area is 124 Å². The Morgan fingerprint density at radius 3 is 2.62 bits per heavy atom. The van der Waals surface area contributed by atoms with E-state index in [0.29, 0.717) is 6.42 Å². The van der Waals surface area contributed by atoms with Gasteiger partial charge in [-0.15, -0.1) is 0 Å². The van der Waals surface area contributed by atoms with Crippen LogP contribution >= 0.6 is 0 Å². The van der Waals surface area contributed by atoms with Gasteiger partial charge in [-0.25, -0.2) is 0 Å². The van der Waals surface area contributed by atoms with Gasteiger partial charge >= 0.3 is 0 Å². The van der Waals surface area contributed by atoms with Gasteiger partial charge in [0.25, 0.3) is 0 Å². The zero-order valence-electron chi connectivity index (χ0n) is 11.9. The molecule has 1 aromatic carbocycles. The standard InChI is InChI=1S/C17H19N3O/c18-17(21)16-11-14-3-1-2-4-15(14)12-20(16)10-7-13-5-8-19-9-6-13/h1-6,8-9,16H,7,10-12H2,(H2,18,21). The van der Waals surface area contributed by atoms with E-state index >= 15 is 0 Å². The Kier molecular flexibility index (Phi) is 3.97. The fraction of sp³-hybridized carbons (Fsp3) is 0.294. The largest absolute Gasteiger partial charge is 0.368 e. The van der Waals surface area contributed by atoms with Crippen LogP contribution in [0.1, 0.15) is 16.7 Å². The molecule has 2 heterocycles. The van der Waals surface area contributed by atoms with Crippen LogP contribution in [-0.2, 0) is 24.2 Å². The summed E-state index contributed by atoms with van der Waals surface area (Å²) in [4.78, 5) is 18.0. The fourth-order valence-corrected chi connectivity index (χ4v) is 2.91. The topological polar surface area (TPSA) is 59.2 Å². The second kappa shape index (κ2) is 6.06. The van der Waals surface area contributed by atoms with E-state index in [1.54, 1.807) is 12.4 Å². The Bertz CT molecular complexity index is 627. The van der Waals surface area contributed by atoms with Gasteiger partial charge in [-0.1, -0.05) is 24.3 Å². The average molecular weight is 281 g/mol. The average Bonchev–Trinajstić information content (AvgIpc) is 2.53. The summed E-state index contributed by atoms with van der Waals surface area (Å²) in [6, 6.07) is 12.1. The van der Waals surface area contributed by atoms with E-state index in [2.05, 4.69) is 22.0 Å². The van der Waals surface area contributed by atoms with E-state index in [4.69, 9.17) is 5.73 Å². The number of primary amides is 1. The molecule has 2 aromatic rings. The van der Waals surface area contributed by atoms with Gasteiger partial charge in [-0.2, -0.15) is 0 Å². The number of pyridine rings is 1. The van der Waals surface area contributed by atoms with Crippen LogP contribution in [0.4, 0.5) is 0 Å². The van der Waals surface area contributed by atoms with Crippen LogP contribution < -0.4 is 5.73 Å². The number of rotatable bonds is 4. The highest BCUT2D eigenvalue weighted by atomic mass is 16.1. The lowest BCUT2D eigenvalue weighted by Gasteiger charge is -2.35. The molecule has 108 valence electrons. The SMILES string of the molecule is NC(=O)C1Cc2ccccc2CN1CCc1ccncc1. The van der Waals surface area contributed by atoms with Gasteiger partial charge in [-0.3, -0.25) is 14.7 Å². The van der Waals surface area contributed by atoms with Gasteiger partial charge < -0.3 is 5.73 Å². The van der Waals surface area contributed by atoms with Gasteiger partial charge in [0.15, 0.2) is 0 Å². The smallest absolute Gasteiger partial charge is 0.235 e. The number of fused-ring (bicyclic) bond motifs is 1. The summed E-state index contributed by atoms with van der Waals surface area (Å²) in [6.45, 7) is 1.61. The van der Waals surface area contributed by atoms with Crippen LogP contribution in [0.15, 0.2) is 48.8 Å². The number of nitrogens with zero attached hydrogens (tertiary/aromatic N) is 2. The maximum Gasteiger partial charge on any atom is 0.235 e. The number of carbonyl (C=O) groups is 1. The van der Waals surface area contributed by atoms with E-state index in [9.17, 15) is 4.79 Å². The molecular weight excluding hydrogens is 262 g/mol. The van der Waals surface area contributed by atoms with E-state index in [-0.39, 0.29) is 11.9 Å². The predicted octanol–water partition coefficient (Wildman–Crippen LogP) is 1.54.